The van der Waals surface area contributed by atoms with E-state index in [1.165, 1.54) is 0 Å². The second kappa shape index (κ2) is 5.36. The van der Waals surface area contributed by atoms with Gasteiger partial charge in [-0.15, -0.1) is 0 Å². The Kier molecular flexibility index (Phi) is 3.80. The fraction of sp³-hybridized carbons (Fsp3) is 0.438. The number of ether oxygens (including phenoxy) is 1. The van der Waals surface area contributed by atoms with Gasteiger partial charge in [-0.2, -0.15) is 0 Å². The average molecular weight is 257 g/mol. The molecule has 1 N–H and O–H groups in total. The Morgan fingerprint density at radius 1 is 1.42 bits per heavy atom. The third-order valence-corrected chi connectivity index (χ3v) is 2.72. The zero-order valence-electron chi connectivity index (χ0n) is 11.6. The SMILES string of the molecule is CC(C)(C)C#CCC(=O)C1CNc2ccccc2O1. The summed E-state index contributed by atoms with van der Waals surface area (Å²) in [5.74, 6) is 6.76. The lowest BCUT2D eigenvalue weighted by Gasteiger charge is -2.25. The van der Waals surface area contributed by atoms with E-state index < -0.39 is 6.10 Å². The zero-order chi connectivity index (χ0) is 13.9. The van der Waals surface area contributed by atoms with Gasteiger partial charge in [-0.1, -0.05) is 24.0 Å². The molecule has 0 amide bonds. The lowest BCUT2D eigenvalue weighted by molar-refractivity contribution is -0.124. The predicted molar refractivity (Wildman–Crippen MR) is 76.2 cm³/mol. The third kappa shape index (κ3) is 3.75. The van der Waals surface area contributed by atoms with Crippen molar-refractivity contribution in [1.29, 1.82) is 0 Å². The molecule has 0 bridgehead atoms. The molecule has 0 saturated carbocycles. The molecule has 3 heteroatoms. The summed E-state index contributed by atoms with van der Waals surface area (Å²) in [5, 5.41) is 3.21. The van der Waals surface area contributed by atoms with Gasteiger partial charge >= 0.3 is 0 Å². The van der Waals surface area contributed by atoms with Gasteiger partial charge in [-0.05, 0) is 32.9 Å². The van der Waals surface area contributed by atoms with E-state index >= 15 is 0 Å². The first-order valence-corrected chi connectivity index (χ1v) is 6.48. The van der Waals surface area contributed by atoms with Crippen LogP contribution in [0.25, 0.3) is 0 Å². The molecular weight excluding hydrogens is 238 g/mol. The highest BCUT2D eigenvalue weighted by atomic mass is 16.5. The Bertz CT molecular complexity index is 532. The summed E-state index contributed by atoms with van der Waals surface area (Å²) in [6, 6.07) is 7.64. The van der Waals surface area contributed by atoms with Crippen molar-refractivity contribution in [2.75, 3.05) is 11.9 Å². The smallest absolute Gasteiger partial charge is 0.186 e. The van der Waals surface area contributed by atoms with E-state index in [1.54, 1.807) is 0 Å². The number of carbonyl (C=O) groups excluding carboxylic acids is 1. The quantitative estimate of drug-likeness (QED) is 0.828. The Morgan fingerprint density at radius 3 is 2.89 bits per heavy atom. The minimum atomic E-state index is -0.441. The van der Waals surface area contributed by atoms with Gasteiger partial charge in [0.15, 0.2) is 11.9 Å². The Labute approximate surface area is 114 Å². The largest absolute Gasteiger partial charge is 0.479 e. The molecule has 1 aromatic rings. The standard InChI is InChI=1S/C16H19NO2/c1-16(2,3)10-6-8-13(18)15-11-17-12-7-4-5-9-14(12)19-15/h4-5,7,9,15,17H,8,11H2,1-3H3. The number of para-hydroxylation sites is 2. The zero-order valence-corrected chi connectivity index (χ0v) is 11.6. The topological polar surface area (TPSA) is 38.3 Å². The highest BCUT2D eigenvalue weighted by Gasteiger charge is 2.24. The summed E-state index contributed by atoms with van der Waals surface area (Å²) < 4.78 is 5.70. The number of Topliss-reactive ketones (excluding diaryl/α,β-unsaturated/α-hetero) is 1. The molecule has 19 heavy (non-hydrogen) atoms. The van der Waals surface area contributed by atoms with E-state index in [-0.39, 0.29) is 17.6 Å². The van der Waals surface area contributed by atoms with Crippen molar-refractivity contribution in [3.63, 3.8) is 0 Å². The van der Waals surface area contributed by atoms with E-state index in [0.29, 0.717) is 6.54 Å². The molecule has 100 valence electrons. The molecule has 1 atom stereocenters. The predicted octanol–water partition coefficient (Wildman–Crippen LogP) is 2.87. The molecule has 1 heterocycles. The van der Waals surface area contributed by atoms with Crippen LogP contribution in [0.4, 0.5) is 5.69 Å². The Morgan fingerprint density at radius 2 is 2.16 bits per heavy atom. The number of carbonyl (C=O) groups is 1. The van der Waals surface area contributed by atoms with E-state index in [2.05, 4.69) is 17.2 Å². The molecular formula is C16H19NO2. The minimum absolute atomic E-state index is 0.0266. The van der Waals surface area contributed by atoms with Crippen molar-refractivity contribution in [1.82, 2.24) is 0 Å². The Hall–Kier alpha value is -1.95. The van der Waals surface area contributed by atoms with Crippen LogP contribution in [0, 0.1) is 17.3 Å². The fourth-order valence-electron chi connectivity index (χ4n) is 1.80. The summed E-state index contributed by atoms with van der Waals surface area (Å²) >= 11 is 0. The van der Waals surface area contributed by atoms with Gasteiger partial charge in [0, 0.05) is 5.41 Å². The van der Waals surface area contributed by atoms with Crippen LogP contribution in [0.2, 0.25) is 0 Å². The molecule has 1 unspecified atom stereocenters. The van der Waals surface area contributed by atoms with Gasteiger partial charge in [0.1, 0.15) is 5.75 Å². The maximum atomic E-state index is 12.0. The maximum Gasteiger partial charge on any atom is 0.186 e. The molecule has 3 nitrogen and oxygen atoms in total. The second-order valence-corrected chi connectivity index (χ2v) is 5.68. The maximum absolute atomic E-state index is 12.0. The first kappa shape index (κ1) is 13.5. The van der Waals surface area contributed by atoms with Crippen molar-refractivity contribution < 1.29 is 9.53 Å². The summed E-state index contributed by atoms with van der Waals surface area (Å²) in [7, 11) is 0. The van der Waals surface area contributed by atoms with E-state index in [0.717, 1.165) is 11.4 Å². The van der Waals surface area contributed by atoms with Crippen LogP contribution in [0.15, 0.2) is 24.3 Å². The number of hydrogen-bond donors (Lipinski definition) is 1. The molecule has 1 aliphatic rings. The molecule has 0 aromatic heterocycles. The van der Waals surface area contributed by atoms with Crippen LogP contribution in [-0.4, -0.2) is 18.4 Å². The lowest BCUT2D eigenvalue weighted by atomic mass is 9.97. The fourth-order valence-corrected chi connectivity index (χ4v) is 1.80. The van der Waals surface area contributed by atoms with Crippen LogP contribution < -0.4 is 10.1 Å². The van der Waals surface area contributed by atoms with E-state index in [9.17, 15) is 4.79 Å². The lowest BCUT2D eigenvalue weighted by Crippen LogP contribution is -2.37. The summed E-state index contributed by atoms with van der Waals surface area (Å²) in [6.07, 6.45) is -0.199. The highest BCUT2D eigenvalue weighted by Crippen LogP contribution is 2.28. The van der Waals surface area contributed by atoms with Crippen molar-refractivity contribution in [2.24, 2.45) is 5.41 Å². The number of rotatable bonds is 2. The van der Waals surface area contributed by atoms with Gasteiger partial charge in [0.25, 0.3) is 0 Å². The third-order valence-electron chi connectivity index (χ3n) is 2.72. The van der Waals surface area contributed by atoms with Crippen LogP contribution >= 0.6 is 0 Å². The highest BCUT2D eigenvalue weighted by molar-refractivity contribution is 5.87. The van der Waals surface area contributed by atoms with Gasteiger partial charge in [0.05, 0.1) is 18.7 Å². The minimum Gasteiger partial charge on any atom is -0.479 e. The van der Waals surface area contributed by atoms with Crippen molar-refractivity contribution in [3.05, 3.63) is 24.3 Å². The van der Waals surface area contributed by atoms with Gasteiger partial charge in [-0.3, -0.25) is 4.79 Å². The summed E-state index contributed by atoms with van der Waals surface area (Å²) in [6.45, 7) is 6.59. The van der Waals surface area contributed by atoms with Gasteiger partial charge in [0.2, 0.25) is 0 Å². The van der Waals surface area contributed by atoms with Crippen molar-refractivity contribution in [2.45, 2.75) is 33.3 Å². The number of hydrogen-bond acceptors (Lipinski definition) is 3. The number of ketones is 1. The molecule has 2 rings (SSSR count). The van der Waals surface area contributed by atoms with Gasteiger partial charge < -0.3 is 10.1 Å². The number of benzene rings is 1. The molecule has 0 aliphatic carbocycles. The number of anilines is 1. The van der Waals surface area contributed by atoms with Gasteiger partial charge in [-0.25, -0.2) is 0 Å². The second-order valence-electron chi connectivity index (χ2n) is 5.68. The summed E-state index contributed by atoms with van der Waals surface area (Å²) in [4.78, 5) is 12.0. The molecule has 0 radical (unpaired) electrons. The molecule has 0 fully saturated rings. The van der Waals surface area contributed by atoms with Crippen molar-refractivity contribution in [3.8, 4) is 17.6 Å². The first-order chi connectivity index (χ1) is 8.96. The number of nitrogens with one attached hydrogen (secondary N) is 1. The summed E-state index contributed by atoms with van der Waals surface area (Å²) in [5.41, 5.74) is 0.866. The molecule has 1 aliphatic heterocycles. The van der Waals surface area contributed by atoms with E-state index in [1.807, 2.05) is 45.0 Å². The number of fused-ring (bicyclic) bond motifs is 1. The van der Waals surface area contributed by atoms with Crippen LogP contribution in [0.3, 0.4) is 0 Å². The van der Waals surface area contributed by atoms with Crippen LogP contribution in [0.1, 0.15) is 27.2 Å². The van der Waals surface area contributed by atoms with Crippen LogP contribution in [-0.2, 0) is 4.79 Å². The first-order valence-electron chi connectivity index (χ1n) is 6.48. The van der Waals surface area contributed by atoms with Crippen molar-refractivity contribution >= 4 is 11.5 Å². The average Bonchev–Trinajstić information content (AvgIpc) is 2.36. The molecule has 1 aromatic carbocycles. The molecule has 0 spiro atoms. The Balaban J connectivity index is 1.97. The van der Waals surface area contributed by atoms with E-state index in [4.69, 9.17) is 4.74 Å². The normalized spacial score (nSPS) is 17.3. The molecule has 0 saturated heterocycles. The monoisotopic (exact) mass is 257 g/mol. The van der Waals surface area contributed by atoms with Crippen LogP contribution in [0.5, 0.6) is 5.75 Å².